The van der Waals surface area contributed by atoms with Gasteiger partial charge in [-0.15, -0.1) is 0 Å². The Kier molecular flexibility index (Phi) is 4.44. The Labute approximate surface area is 142 Å². The first-order chi connectivity index (χ1) is 11.8. The number of methoxy groups -OCH3 is 1. The SMILES string of the molecule is COc1ccc2nc([C@@H](C)NS(=O)(=O)c3cc(F)cc(F)c3)[nH]c2c1. The summed E-state index contributed by atoms with van der Waals surface area (Å²) < 4.78 is 58.7. The van der Waals surface area contributed by atoms with E-state index in [1.807, 2.05) is 0 Å². The quantitative estimate of drug-likeness (QED) is 0.726. The van der Waals surface area contributed by atoms with Crippen LogP contribution in [0.2, 0.25) is 0 Å². The van der Waals surface area contributed by atoms with Crippen LogP contribution in [0.1, 0.15) is 18.8 Å². The molecule has 0 saturated carbocycles. The number of H-pyrrole nitrogens is 1. The van der Waals surface area contributed by atoms with Crippen LogP contribution >= 0.6 is 0 Å². The Hall–Kier alpha value is -2.52. The van der Waals surface area contributed by atoms with Gasteiger partial charge in [-0.2, -0.15) is 0 Å². The molecule has 0 aliphatic carbocycles. The van der Waals surface area contributed by atoms with E-state index in [1.165, 1.54) is 7.11 Å². The highest BCUT2D eigenvalue weighted by molar-refractivity contribution is 7.89. The maximum atomic E-state index is 13.3. The van der Waals surface area contributed by atoms with Crippen molar-refractivity contribution in [3.05, 3.63) is 53.9 Å². The summed E-state index contributed by atoms with van der Waals surface area (Å²) in [6.07, 6.45) is 0. The summed E-state index contributed by atoms with van der Waals surface area (Å²) in [6.45, 7) is 1.57. The van der Waals surface area contributed by atoms with Crippen LogP contribution in [0.5, 0.6) is 5.75 Å². The van der Waals surface area contributed by atoms with Crippen LogP contribution in [0, 0.1) is 11.6 Å². The number of ether oxygens (including phenoxy) is 1. The fraction of sp³-hybridized carbons (Fsp3) is 0.188. The van der Waals surface area contributed by atoms with Gasteiger partial charge in [-0.25, -0.2) is 26.9 Å². The van der Waals surface area contributed by atoms with Gasteiger partial charge in [-0.1, -0.05) is 0 Å². The van der Waals surface area contributed by atoms with Gasteiger partial charge in [0, 0.05) is 12.1 Å². The van der Waals surface area contributed by atoms with Crippen LogP contribution in [-0.2, 0) is 10.0 Å². The molecular formula is C16H15F2N3O3S. The fourth-order valence-corrected chi connectivity index (χ4v) is 3.63. The smallest absolute Gasteiger partial charge is 0.241 e. The summed E-state index contributed by atoms with van der Waals surface area (Å²) in [5.74, 6) is -0.942. The number of hydrogen-bond donors (Lipinski definition) is 2. The molecule has 2 N–H and O–H groups in total. The number of fused-ring (bicyclic) bond motifs is 1. The minimum Gasteiger partial charge on any atom is -0.497 e. The molecule has 25 heavy (non-hydrogen) atoms. The third-order valence-corrected chi connectivity index (χ3v) is 5.12. The molecule has 9 heteroatoms. The van der Waals surface area contributed by atoms with Crippen LogP contribution in [0.4, 0.5) is 8.78 Å². The summed E-state index contributed by atoms with van der Waals surface area (Å²) in [5, 5.41) is 0. The molecule has 132 valence electrons. The highest BCUT2D eigenvalue weighted by atomic mass is 32.2. The fourth-order valence-electron chi connectivity index (χ4n) is 2.38. The van der Waals surface area contributed by atoms with Crippen LogP contribution in [0.3, 0.4) is 0 Å². The molecule has 6 nitrogen and oxygen atoms in total. The van der Waals surface area contributed by atoms with E-state index in [2.05, 4.69) is 14.7 Å². The van der Waals surface area contributed by atoms with Crippen molar-refractivity contribution in [1.82, 2.24) is 14.7 Å². The highest BCUT2D eigenvalue weighted by Gasteiger charge is 2.22. The number of rotatable bonds is 5. The summed E-state index contributed by atoms with van der Waals surface area (Å²) in [5.41, 5.74) is 1.32. The van der Waals surface area contributed by atoms with Gasteiger partial charge in [0.25, 0.3) is 0 Å². The summed E-state index contributed by atoms with van der Waals surface area (Å²) in [4.78, 5) is 6.82. The molecule has 1 atom stereocenters. The molecule has 0 aliphatic heterocycles. The van der Waals surface area contributed by atoms with Crippen molar-refractivity contribution >= 4 is 21.1 Å². The van der Waals surface area contributed by atoms with Crippen molar-refractivity contribution in [3.63, 3.8) is 0 Å². The van der Waals surface area contributed by atoms with E-state index in [9.17, 15) is 17.2 Å². The Bertz CT molecular complexity index is 1010. The minimum atomic E-state index is -4.12. The van der Waals surface area contributed by atoms with Gasteiger partial charge in [-0.3, -0.25) is 0 Å². The van der Waals surface area contributed by atoms with Gasteiger partial charge < -0.3 is 9.72 Å². The standard InChI is InChI=1S/C16H15F2N3O3S/c1-9(16-19-14-4-3-12(24-2)8-15(14)20-16)21-25(22,23)13-6-10(17)5-11(18)7-13/h3-9,21H,1-2H3,(H,19,20)/t9-/m1/s1. The molecule has 0 amide bonds. The first-order valence-electron chi connectivity index (χ1n) is 7.30. The maximum absolute atomic E-state index is 13.3. The average Bonchev–Trinajstić information content (AvgIpc) is 2.96. The van der Waals surface area contributed by atoms with Crippen molar-refractivity contribution in [2.45, 2.75) is 17.9 Å². The van der Waals surface area contributed by atoms with Crippen molar-refractivity contribution < 1.29 is 21.9 Å². The summed E-state index contributed by atoms with van der Waals surface area (Å²) >= 11 is 0. The number of imidazole rings is 1. The third-order valence-electron chi connectivity index (χ3n) is 3.60. The number of aromatic amines is 1. The first-order valence-corrected chi connectivity index (χ1v) is 8.79. The van der Waals surface area contributed by atoms with Gasteiger partial charge >= 0.3 is 0 Å². The Morgan fingerprint density at radius 2 is 1.84 bits per heavy atom. The second kappa shape index (κ2) is 6.41. The van der Waals surface area contributed by atoms with Gasteiger partial charge in [0.05, 0.1) is 29.1 Å². The second-order valence-electron chi connectivity index (χ2n) is 5.45. The second-order valence-corrected chi connectivity index (χ2v) is 7.17. The average molecular weight is 367 g/mol. The van der Waals surface area contributed by atoms with Crippen molar-refractivity contribution in [2.75, 3.05) is 7.11 Å². The van der Waals surface area contributed by atoms with E-state index in [0.29, 0.717) is 28.7 Å². The van der Waals surface area contributed by atoms with Crippen LogP contribution in [0.15, 0.2) is 41.3 Å². The largest absolute Gasteiger partial charge is 0.497 e. The van der Waals surface area contributed by atoms with E-state index in [4.69, 9.17) is 4.74 Å². The number of nitrogens with one attached hydrogen (secondary N) is 2. The number of benzene rings is 2. The van der Waals surface area contributed by atoms with Crippen molar-refractivity contribution in [2.24, 2.45) is 0 Å². The lowest BCUT2D eigenvalue weighted by atomic mass is 10.3. The third kappa shape index (κ3) is 3.62. The molecule has 3 rings (SSSR count). The van der Waals surface area contributed by atoms with Crippen molar-refractivity contribution in [1.29, 1.82) is 0 Å². The monoisotopic (exact) mass is 367 g/mol. The molecule has 0 fully saturated rings. The van der Waals surface area contributed by atoms with Gasteiger partial charge in [0.15, 0.2) is 0 Å². The number of nitrogens with zero attached hydrogens (tertiary/aromatic N) is 1. The highest BCUT2D eigenvalue weighted by Crippen LogP contribution is 2.22. The molecule has 0 spiro atoms. The Balaban J connectivity index is 1.89. The Morgan fingerprint density at radius 1 is 1.16 bits per heavy atom. The zero-order chi connectivity index (χ0) is 18.2. The topological polar surface area (TPSA) is 84.1 Å². The van der Waals surface area contributed by atoms with Crippen LogP contribution < -0.4 is 9.46 Å². The van der Waals surface area contributed by atoms with E-state index in [-0.39, 0.29) is 0 Å². The van der Waals surface area contributed by atoms with Crippen LogP contribution in [0.25, 0.3) is 11.0 Å². The lowest BCUT2D eigenvalue weighted by Crippen LogP contribution is -2.27. The minimum absolute atomic E-state index is 0.365. The van der Waals surface area contributed by atoms with E-state index in [1.54, 1.807) is 25.1 Å². The van der Waals surface area contributed by atoms with Gasteiger partial charge in [0.1, 0.15) is 23.2 Å². The summed E-state index contributed by atoms with van der Waals surface area (Å²) in [7, 11) is -2.58. The van der Waals surface area contributed by atoms with Gasteiger partial charge in [-0.05, 0) is 31.2 Å². The lowest BCUT2D eigenvalue weighted by Gasteiger charge is -2.12. The lowest BCUT2D eigenvalue weighted by molar-refractivity contribution is 0.415. The molecule has 3 aromatic rings. The number of aromatic nitrogens is 2. The number of sulfonamides is 1. The normalized spacial score (nSPS) is 13.1. The van der Waals surface area contributed by atoms with E-state index < -0.39 is 32.6 Å². The zero-order valence-corrected chi connectivity index (χ0v) is 14.2. The molecule has 0 aliphatic rings. The van der Waals surface area contributed by atoms with Crippen LogP contribution in [-0.4, -0.2) is 25.5 Å². The zero-order valence-electron chi connectivity index (χ0n) is 13.4. The maximum Gasteiger partial charge on any atom is 0.241 e. The first kappa shape index (κ1) is 17.3. The Morgan fingerprint density at radius 3 is 2.48 bits per heavy atom. The molecule has 1 aromatic heterocycles. The summed E-state index contributed by atoms with van der Waals surface area (Å²) in [6, 6.07) is 6.57. The molecule has 0 unspecified atom stereocenters. The molecule has 1 heterocycles. The van der Waals surface area contributed by atoms with E-state index >= 15 is 0 Å². The van der Waals surface area contributed by atoms with Gasteiger partial charge in [0.2, 0.25) is 10.0 Å². The number of hydrogen-bond acceptors (Lipinski definition) is 4. The van der Waals surface area contributed by atoms with Crippen molar-refractivity contribution in [3.8, 4) is 5.75 Å². The molecule has 2 aromatic carbocycles. The molecule has 0 saturated heterocycles. The molecular weight excluding hydrogens is 352 g/mol. The molecule has 0 bridgehead atoms. The molecule has 0 radical (unpaired) electrons. The predicted molar refractivity (Wildman–Crippen MR) is 87.7 cm³/mol. The predicted octanol–water partition coefficient (Wildman–Crippen LogP) is 2.89. The number of halogens is 2. The van der Waals surface area contributed by atoms with E-state index in [0.717, 1.165) is 12.1 Å².